The summed E-state index contributed by atoms with van der Waals surface area (Å²) in [5, 5.41) is 0. The van der Waals surface area contributed by atoms with Gasteiger partial charge in [-0.15, -0.1) is 0 Å². The summed E-state index contributed by atoms with van der Waals surface area (Å²) in [5.74, 6) is -5.15. The fourth-order valence-electron chi connectivity index (χ4n) is 2.18. The van der Waals surface area contributed by atoms with E-state index in [1.807, 2.05) is 0 Å². The van der Waals surface area contributed by atoms with Crippen molar-refractivity contribution in [1.82, 2.24) is 9.97 Å². The zero-order chi connectivity index (χ0) is 16.1. The van der Waals surface area contributed by atoms with Crippen LogP contribution >= 0.6 is 0 Å². The average Bonchev–Trinajstić information content (AvgIpc) is 2.49. The molecule has 0 amide bonds. The lowest BCUT2D eigenvalue weighted by Crippen LogP contribution is -2.30. The van der Waals surface area contributed by atoms with Crippen molar-refractivity contribution in [3.8, 4) is 0 Å². The molecule has 7 heteroatoms. The largest absolute Gasteiger partial charge is 0.298 e. The van der Waals surface area contributed by atoms with Gasteiger partial charge in [0.1, 0.15) is 11.8 Å². The van der Waals surface area contributed by atoms with Crippen LogP contribution in [0.1, 0.15) is 23.0 Å². The number of carbonyl (C=O) groups excluding carboxylic acids is 1. The Bertz CT molecular complexity index is 554. The third-order valence-electron chi connectivity index (χ3n) is 3.20. The van der Waals surface area contributed by atoms with E-state index in [2.05, 4.69) is 9.97 Å². The van der Waals surface area contributed by atoms with Gasteiger partial charge in [-0.3, -0.25) is 14.8 Å². The molecule has 2 aromatic heterocycles. The monoisotopic (exact) mass is 312 g/mol. The summed E-state index contributed by atoms with van der Waals surface area (Å²) >= 11 is 0. The molecule has 22 heavy (non-hydrogen) atoms. The van der Waals surface area contributed by atoms with Crippen LogP contribution in [0.25, 0.3) is 0 Å². The fourth-order valence-corrected chi connectivity index (χ4v) is 2.18. The molecule has 0 bridgehead atoms. The van der Waals surface area contributed by atoms with Gasteiger partial charge in [0.15, 0.2) is 5.78 Å². The predicted octanol–water partition coefficient (Wildman–Crippen LogP) is 3.44. The van der Waals surface area contributed by atoms with E-state index in [0.29, 0.717) is 0 Å². The van der Waals surface area contributed by atoms with Crippen molar-refractivity contribution < 1.29 is 22.4 Å². The van der Waals surface area contributed by atoms with Gasteiger partial charge in [-0.2, -0.15) is 0 Å². The number of rotatable bonds is 6. The lowest BCUT2D eigenvalue weighted by atomic mass is 9.85. The maximum absolute atomic E-state index is 13.3. The number of Topliss-reactive ketones (excluding diaryl/α,β-unsaturated/α-hetero) is 1. The second-order valence-corrected chi connectivity index (χ2v) is 4.60. The van der Waals surface area contributed by atoms with Crippen LogP contribution in [-0.4, -0.2) is 28.6 Å². The van der Waals surface area contributed by atoms with E-state index < -0.39 is 30.5 Å². The molecule has 0 aromatic carbocycles. The van der Waals surface area contributed by atoms with Gasteiger partial charge in [-0.25, -0.2) is 17.6 Å². The molecule has 0 saturated carbocycles. The Hall–Kier alpha value is -2.31. The number of halogens is 4. The van der Waals surface area contributed by atoms with Crippen molar-refractivity contribution in [2.24, 2.45) is 0 Å². The molecule has 3 nitrogen and oxygen atoms in total. The SMILES string of the molecule is O=C(C(c1cccnc1)C(F)F)C(c1cccnc1)C(F)F. The third kappa shape index (κ3) is 3.47. The summed E-state index contributed by atoms with van der Waals surface area (Å²) in [4.78, 5) is 19.6. The summed E-state index contributed by atoms with van der Waals surface area (Å²) < 4.78 is 53.1. The molecule has 0 saturated heterocycles. The summed E-state index contributed by atoms with van der Waals surface area (Å²) in [7, 11) is 0. The van der Waals surface area contributed by atoms with E-state index >= 15 is 0 Å². The van der Waals surface area contributed by atoms with E-state index in [-0.39, 0.29) is 11.1 Å². The minimum atomic E-state index is -3.10. The van der Waals surface area contributed by atoms with E-state index in [0.717, 1.165) is 12.4 Å². The van der Waals surface area contributed by atoms with Crippen LogP contribution in [0, 0.1) is 0 Å². The minimum Gasteiger partial charge on any atom is -0.298 e. The Morgan fingerprint density at radius 2 is 1.23 bits per heavy atom. The topological polar surface area (TPSA) is 42.9 Å². The van der Waals surface area contributed by atoms with E-state index in [4.69, 9.17) is 0 Å². The molecule has 0 N–H and O–H groups in total. The van der Waals surface area contributed by atoms with Crippen molar-refractivity contribution in [3.05, 3.63) is 60.2 Å². The Kier molecular flexibility index (Phi) is 5.19. The second kappa shape index (κ2) is 7.11. The maximum atomic E-state index is 13.3. The second-order valence-electron chi connectivity index (χ2n) is 4.60. The number of hydrogen-bond acceptors (Lipinski definition) is 3. The van der Waals surface area contributed by atoms with Crippen molar-refractivity contribution in [2.45, 2.75) is 24.7 Å². The molecule has 0 aliphatic heterocycles. The standard InChI is InChI=1S/C15H12F4N2O/c16-14(17)11(9-3-1-5-20-7-9)13(22)12(15(18)19)10-4-2-6-21-8-10/h1-8,11-12,14-15H. The molecule has 2 aromatic rings. The Labute approximate surface area is 124 Å². The van der Waals surface area contributed by atoms with E-state index in [9.17, 15) is 22.4 Å². The normalized spacial score (nSPS) is 14.1. The molecule has 116 valence electrons. The highest BCUT2D eigenvalue weighted by molar-refractivity contribution is 5.92. The van der Waals surface area contributed by atoms with Crippen molar-refractivity contribution >= 4 is 5.78 Å². The number of carbonyl (C=O) groups is 1. The summed E-state index contributed by atoms with van der Waals surface area (Å²) in [6, 6.07) is 5.29. The van der Waals surface area contributed by atoms with Crippen molar-refractivity contribution in [3.63, 3.8) is 0 Å². The Balaban J connectivity index is 2.40. The predicted molar refractivity (Wildman–Crippen MR) is 71.0 cm³/mol. The minimum absolute atomic E-state index is 0.0861. The first-order valence-corrected chi connectivity index (χ1v) is 6.42. The Morgan fingerprint density at radius 1 is 0.818 bits per heavy atom. The molecule has 0 fully saturated rings. The molecule has 0 radical (unpaired) electrons. The number of hydrogen-bond donors (Lipinski definition) is 0. The van der Waals surface area contributed by atoms with Crippen LogP contribution in [-0.2, 0) is 4.79 Å². The van der Waals surface area contributed by atoms with Crippen LogP contribution in [0.5, 0.6) is 0 Å². The van der Waals surface area contributed by atoms with Gasteiger partial charge in [-0.05, 0) is 23.3 Å². The first-order valence-electron chi connectivity index (χ1n) is 6.42. The highest BCUT2D eigenvalue weighted by Crippen LogP contribution is 2.34. The average molecular weight is 312 g/mol. The van der Waals surface area contributed by atoms with Gasteiger partial charge in [0, 0.05) is 24.8 Å². The van der Waals surface area contributed by atoms with Gasteiger partial charge in [0.25, 0.3) is 12.9 Å². The number of aromatic nitrogens is 2. The quantitative estimate of drug-likeness (QED) is 0.767. The summed E-state index contributed by atoms with van der Waals surface area (Å²) in [6.45, 7) is 0. The van der Waals surface area contributed by atoms with Gasteiger partial charge in [0.05, 0.1) is 0 Å². The van der Waals surface area contributed by atoms with Gasteiger partial charge in [0.2, 0.25) is 0 Å². The first kappa shape index (κ1) is 16.1. The molecule has 0 spiro atoms. The van der Waals surface area contributed by atoms with Crippen LogP contribution in [0.15, 0.2) is 49.1 Å². The Morgan fingerprint density at radius 3 is 1.50 bits per heavy atom. The molecule has 2 rings (SSSR count). The third-order valence-corrected chi connectivity index (χ3v) is 3.20. The number of alkyl halides is 4. The van der Waals surface area contributed by atoms with Crippen molar-refractivity contribution in [1.29, 1.82) is 0 Å². The number of nitrogens with zero attached hydrogens (tertiary/aromatic N) is 2. The number of pyridine rings is 2. The van der Waals surface area contributed by atoms with Crippen LogP contribution in [0.3, 0.4) is 0 Å². The number of ketones is 1. The van der Waals surface area contributed by atoms with Gasteiger partial charge < -0.3 is 0 Å². The zero-order valence-corrected chi connectivity index (χ0v) is 11.2. The van der Waals surface area contributed by atoms with Gasteiger partial charge in [-0.1, -0.05) is 12.1 Å². The molecular formula is C15H12F4N2O. The van der Waals surface area contributed by atoms with Crippen LogP contribution < -0.4 is 0 Å². The molecule has 2 heterocycles. The molecular weight excluding hydrogens is 300 g/mol. The molecule has 2 atom stereocenters. The highest BCUT2D eigenvalue weighted by Gasteiger charge is 2.40. The fraction of sp³-hybridized carbons (Fsp3) is 0.267. The van der Waals surface area contributed by atoms with E-state index in [1.165, 1.54) is 36.7 Å². The van der Waals surface area contributed by atoms with Gasteiger partial charge >= 0.3 is 0 Å². The molecule has 0 aliphatic carbocycles. The van der Waals surface area contributed by atoms with E-state index in [1.54, 1.807) is 0 Å². The lowest BCUT2D eigenvalue weighted by Gasteiger charge is -2.21. The summed E-state index contributed by atoms with van der Waals surface area (Å²) in [5.41, 5.74) is -0.172. The molecule has 2 unspecified atom stereocenters. The van der Waals surface area contributed by atoms with Crippen molar-refractivity contribution in [2.75, 3.05) is 0 Å². The maximum Gasteiger partial charge on any atom is 0.252 e. The lowest BCUT2D eigenvalue weighted by molar-refractivity contribution is -0.128. The zero-order valence-electron chi connectivity index (χ0n) is 11.2. The van der Waals surface area contributed by atoms with Crippen LogP contribution in [0.4, 0.5) is 17.6 Å². The highest BCUT2D eigenvalue weighted by atomic mass is 19.3. The first-order chi connectivity index (χ1) is 10.5. The summed E-state index contributed by atoms with van der Waals surface area (Å²) in [6.07, 6.45) is -1.34. The van der Waals surface area contributed by atoms with Crippen LogP contribution in [0.2, 0.25) is 0 Å². The smallest absolute Gasteiger partial charge is 0.252 e. The molecule has 0 aliphatic rings.